The number of hydrogen-bond donors (Lipinski definition) is 1. The molecule has 3 rings (SSSR count). The molecule has 1 heterocycles. The fraction of sp³-hybridized carbons (Fsp3) is 0.250. The molecule has 1 saturated heterocycles. The summed E-state index contributed by atoms with van der Waals surface area (Å²) in [5.41, 5.74) is 0.411. The zero-order valence-corrected chi connectivity index (χ0v) is 13.1. The lowest BCUT2D eigenvalue weighted by Crippen LogP contribution is -2.45. The molecule has 0 atom stereocenters. The Morgan fingerprint density at radius 2 is 1.70 bits per heavy atom. The van der Waals surface area contributed by atoms with Gasteiger partial charge in [0, 0.05) is 5.56 Å². The predicted octanol–water partition coefficient (Wildman–Crippen LogP) is 3.86. The largest absolute Gasteiger partial charge is 0.457 e. The highest BCUT2D eigenvalue weighted by Gasteiger charge is 2.41. The van der Waals surface area contributed by atoms with Gasteiger partial charge in [0.2, 0.25) is 0 Å². The van der Waals surface area contributed by atoms with Gasteiger partial charge >= 0.3 is 0 Å². The first-order valence-electron chi connectivity index (χ1n) is 7.96. The second-order valence-electron chi connectivity index (χ2n) is 5.81. The quantitative estimate of drug-likeness (QED) is 0.853. The van der Waals surface area contributed by atoms with E-state index in [1.807, 2.05) is 54.6 Å². The highest BCUT2D eigenvalue weighted by molar-refractivity contribution is 5.99. The van der Waals surface area contributed by atoms with E-state index >= 15 is 0 Å². The normalized spacial score (nSPS) is 16.5. The number of hydrogen-bond acceptors (Lipinski definition) is 3. The van der Waals surface area contributed by atoms with Crippen molar-refractivity contribution in [3.63, 3.8) is 0 Å². The molecule has 0 unspecified atom stereocenters. The van der Waals surface area contributed by atoms with Crippen molar-refractivity contribution in [1.82, 2.24) is 5.32 Å². The van der Waals surface area contributed by atoms with Gasteiger partial charge in [-0.2, -0.15) is 0 Å². The molecule has 2 aromatic carbocycles. The number of allylic oxidation sites excluding steroid dienone is 1. The van der Waals surface area contributed by atoms with Crippen LogP contribution in [0.5, 0.6) is 11.5 Å². The lowest BCUT2D eigenvalue weighted by molar-refractivity contribution is -0.120. The number of para-hydroxylation sites is 2. The van der Waals surface area contributed by atoms with Gasteiger partial charge in [0.1, 0.15) is 11.5 Å². The minimum atomic E-state index is -0.543. The highest BCUT2D eigenvalue weighted by atomic mass is 16.5. The van der Waals surface area contributed by atoms with Crippen LogP contribution in [0.3, 0.4) is 0 Å². The molecule has 1 fully saturated rings. The monoisotopic (exact) mass is 307 g/mol. The van der Waals surface area contributed by atoms with E-state index in [1.165, 1.54) is 6.08 Å². The minimum Gasteiger partial charge on any atom is -0.457 e. The van der Waals surface area contributed by atoms with Gasteiger partial charge < -0.3 is 10.1 Å². The minimum absolute atomic E-state index is 0.0723. The molecule has 1 aliphatic heterocycles. The van der Waals surface area contributed by atoms with Gasteiger partial charge in [-0.3, -0.25) is 4.79 Å². The summed E-state index contributed by atoms with van der Waals surface area (Å²) < 4.78 is 6.08. The Hall–Kier alpha value is -2.39. The van der Waals surface area contributed by atoms with E-state index in [0.717, 1.165) is 43.0 Å². The standard InChI is InChI=1S/C20H21NO2/c1-2-19(22)20(12-14-21-15-13-20)17-10-6-7-11-18(17)23-16-8-4-3-5-9-16/h2-11,21H,1,12-15H2. The molecule has 1 N–H and O–H groups in total. The van der Waals surface area contributed by atoms with Crippen LogP contribution in [0.2, 0.25) is 0 Å². The van der Waals surface area contributed by atoms with Gasteiger partial charge in [-0.15, -0.1) is 0 Å². The Balaban J connectivity index is 2.03. The number of carbonyl (C=O) groups is 1. The van der Waals surface area contributed by atoms with Crippen LogP contribution in [0.4, 0.5) is 0 Å². The van der Waals surface area contributed by atoms with E-state index in [1.54, 1.807) is 0 Å². The Kier molecular flexibility index (Phi) is 4.58. The molecule has 0 bridgehead atoms. The van der Waals surface area contributed by atoms with Gasteiger partial charge in [-0.25, -0.2) is 0 Å². The SMILES string of the molecule is C=CC(=O)C1(c2ccccc2Oc2ccccc2)CCNCC1. The van der Waals surface area contributed by atoms with Crippen molar-refractivity contribution in [1.29, 1.82) is 0 Å². The maximum absolute atomic E-state index is 12.7. The summed E-state index contributed by atoms with van der Waals surface area (Å²) in [4.78, 5) is 12.7. The Morgan fingerprint density at radius 1 is 1.04 bits per heavy atom. The van der Waals surface area contributed by atoms with Crippen LogP contribution < -0.4 is 10.1 Å². The smallest absolute Gasteiger partial charge is 0.165 e. The second kappa shape index (κ2) is 6.80. The van der Waals surface area contributed by atoms with Gasteiger partial charge in [0.05, 0.1) is 5.41 Å². The van der Waals surface area contributed by atoms with Crippen molar-refractivity contribution < 1.29 is 9.53 Å². The molecule has 0 spiro atoms. The van der Waals surface area contributed by atoms with Crippen LogP contribution >= 0.6 is 0 Å². The first-order chi connectivity index (χ1) is 11.3. The summed E-state index contributed by atoms with van der Waals surface area (Å²) in [6.07, 6.45) is 2.96. The zero-order chi connectivity index (χ0) is 16.1. The summed E-state index contributed by atoms with van der Waals surface area (Å²) >= 11 is 0. The van der Waals surface area contributed by atoms with Crippen molar-refractivity contribution in [2.24, 2.45) is 0 Å². The number of benzene rings is 2. The number of carbonyl (C=O) groups excluding carboxylic acids is 1. The van der Waals surface area contributed by atoms with E-state index < -0.39 is 5.41 Å². The molecular formula is C20H21NO2. The second-order valence-corrected chi connectivity index (χ2v) is 5.81. The molecule has 0 radical (unpaired) electrons. The van der Waals surface area contributed by atoms with Crippen LogP contribution in [0.15, 0.2) is 67.3 Å². The van der Waals surface area contributed by atoms with Crippen molar-refractivity contribution in [2.45, 2.75) is 18.3 Å². The summed E-state index contributed by atoms with van der Waals surface area (Å²) in [5, 5.41) is 3.33. The molecule has 118 valence electrons. The molecule has 1 aliphatic rings. The fourth-order valence-electron chi connectivity index (χ4n) is 3.26. The van der Waals surface area contributed by atoms with Crippen molar-refractivity contribution in [3.8, 4) is 11.5 Å². The molecule has 0 amide bonds. The molecule has 3 nitrogen and oxygen atoms in total. The van der Waals surface area contributed by atoms with E-state index in [9.17, 15) is 4.79 Å². The van der Waals surface area contributed by atoms with Crippen LogP contribution in [0.25, 0.3) is 0 Å². The number of piperidine rings is 1. The Bertz CT molecular complexity index is 688. The summed E-state index contributed by atoms with van der Waals surface area (Å²) in [6, 6.07) is 17.5. The lowest BCUT2D eigenvalue weighted by atomic mass is 9.69. The predicted molar refractivity (Wildman–Crippen MR) is 91.9 cm³/mol. The first-order valence-corrected chi connectivity index (χ1v) is 7.96. The third-order valence-corrected chi connectivity index (χ3v) is 4.49. The van der Waals surface area contributed by atoms with Crippen LogP contribution in [-0.4, -0.2) is 18.9 Å². The third-order valence-electron chi connectivity index (χ3n) is 4.49. The van der Waals surface area contributed by atoms with Crippen LogP contribution in [0, 0.1) is 0 Å². The fourth-order valence-corrected chi connectivity index (χ4v) is 3.26. The van der Waals surface area contributed by atoms with E-state index in [0.29, 0.717) is 0 Å². The van der Waals surface area contributed by atoms with Gasteiger partial charge in [-0.05, 0) is 50.2 Å². The number of ether oxygens (including phenoxy) is 1. The lowest BCUT2D eigenvalue weighted by Gasteiger charge is -2.36. The molecule has 0 saturated carbocycles. The molecule has 3 heteroatoms. The molecular weight excluding hydrogens is 286 g/mol. The van der Waals surface area contributed by atoms with Gasteiger partial charge in [0.15, 0.2) is 5.78 Å². The number of nitrogens with one attached hydrogen (secondary N) is 1. The Labute approximate surface area is 137 Å². The van der Waals surface area contributed by atoms with E-state index in [2.05, 4.69) is 11.9 Å². The highest BCUT2D eigenvalue weighted by Crippen LogP contribution is 2.41. The van der Waals surface area contributed by atoms with Crippen molar-refractivity contribution in [2.75, 3.05) is 13.1 Å². The van der Waals surface area contributed by atoms with Gasteiger partial charge in [0.25, 0.3) is 0 Å². The maximum atomic E-state index is 12.7. The zero-order valence-electron chi connectivity index (χ0n) is 13.1. The topological polar surface area (TPSA) is 38.3 Å². The Morgan fingerprint density at radius 3 is 2.39 bits per heavy atom. The van der Waals surface area contributed by atoms with Crippen LogP contribution in [-0.2, 0) is 10.2 Å². The van der Waals surface area contributed by atoms with E-state index in [4.69, 9.17) is 4.74 Å². The van der Waals surface area contributed by atoms with Crippen LogP contribution in [0.1, 0.15) is 18.4 Å². The molecule has 0 aliphatic carbocycles. The van der Waals surface area contributed by atoms with E-state index in [-0.39, 0.29) is 5.78 Å². The molecule has 23 heavy (non-hydrogen) atoms. The van der Waals surface area contributed by atoms with Crippen molar-refractivity contribution in [3.05, 3.63) is 72.8 Å². The van der Waals surface area contributed by atoms with Gasteiger partial charge in [-0.1, -0.05) is 43.0 Å². The van der Waals surface area contributed by atoms with Crippen molar-refractivity contribution >= 4 is 5.78 Å². The molecule has 0 aromatic heterocycles. The molecule has 2 aromatic rings. The maximum Gasteiger partial charge on any atom is 0.165 e. The average Bonchev–Trinajstić information content (AvgIpc) is 2.63. The summed E-state index contributed by atoms with van der Waals surface area (Å²) in [6.45, 7) is 5.35. The number of rotatable bonds is 5. The average molecular weight is 307 g/mol. The summed E-state index contributed by atoms with van der Waals surface area (Å²) in [7, 11) is 0. The first kappa shape index (κ1) is 15.5. The summed E-state index contributed by atoms with van der Waals surface area (Å²) in [5.74, 6) is 1.59. The number of ketones is 1. The third kappa shape index (κ3) is 3.06.